The van der Waals surface area contributed by atoms with Crippen molar-refractivity contribution in [3.8, 4) is 5.75 Å². The van der Waals surface area contributed by atoms with Crippen molar-refractivity contribution in [2.45, 2.75) is 26.9 Å². The second-order valence-corrected chi connectivity index (χ2v) is 11.3. The van der Waals surface area contributed by atoms with Gasteiger partial charge in [0.1, 0.15) is 4.60 Å². The number of carbonyl (C=O) groups is 1. The topological polar surface area (TPSA) is 48.4 Å². The first-order chi connectivity index (χ1) is 14.3. The molecule has 0 aliphatic rings. The Balaban J connectivity index is 2.10. The number of aromatic nitrogens is 1. The van der Waals surface area contributed by atoms with E-state index < -0.39 is 9.04 Å². The van der Waals surface area contributed by atoms with E-state index in [1.54, 1.807) is 6.07 Å². The number of pyridine rings is 1. The van der Waals surface area contributed by atoms with Crippen molar-refractivity contribution in [3.05, 3.63) is 82.6 Å². The second kappa shape index (κ2) is 9.68. The zero-order chi connectivity index (χ0) is 21.7. The highest BCUT2D eigenvalue weighted by atomic mass is 79.9. The summed E-state index contributed by atoms with van der Waals surface area (Å²) in [6.07, 6.45) is 0.480. The lowest BCUT2D eigenvalue weighted by Gasteiger charge is -2.34. The summed E-state index contributed by atoms with van der Waals surface area (Å²) < 4.78 is 12.7. The molecule has 0 N–H and O–H groups in total. The molecule has 2 aromatic carbocycles. The van der Waals surface area contributed by atoms with Gasteiger partial charge in [-0.2, -0.15) is 0 Å². The summed E-state index contributed by atoms with van der Waals surface area (Å²) in [6, 6.07) is 22.5. The van der Waals surface area contributed by atoms with Crippen LogP contribution in [-0.4, -0.2) is 27.4 Å². The zero-order valence-corrected chi connectivity index (χ0v) is 20.4. The van der Waals surface area contributed by atoms with Gasteiger partial charge in [0.15, 0.2) is 12.0 Å². The highest BCUT2D eigenvalue weighted by Gasteiger charge is 2.33. The quantitative estimate of drug-likeness (QED) is 0.285. The van der Waals surface area contributed by atoms with E-state index >= 15 is 0 Å². The molecule has 0 amide bonds. The van der Waals surface area contributed by atoms with Crippen LogP contribution in [0.3, 0.4) is 0 Å². The second-order valence-electron chi connectivity index (χ2n) is 8.16. The van der Waals surface area contributed by atoms with Crippen molar-refractivity contribution < 1.29 is 14.0 Å². The van der Waals surface area contributed by atoms with Gasteiger partial charge in [-0.1, -0.05) is 81.4 Å². The Morgan fingerprint density at radius 2 is 1.53 bits per heavy atom. The van der Waals surface area contributed by atoms with Crippen LogP contribution in [0.2, 0.25) is 0 Å². The molecule has 0 saturated heterocycles. The van der Waals surface area contributed by atoms with Gasteiger partial charge in [0.25, 0.3) is 0 Å². The molecule has 0 saturated carbocycles. The van der Waals surface area contributed by atoms with Crippen LogP contribution in [0.5, 0.6) is 5.75 Å². The standard InChI is InChI=1S/C24H26BrNO3Si/c1-24(2,3)22(20-15-17(16-27)21(28-4)23(25)26-20)29-30(18-11-7-5-8-12-18)19-13-9-6-10-14-19/h5-16,22,30H,1-4H3. The molecule has 3 aromatic rings. The average Bonchev–Trinajstić information content (AvgIpc) is 2.74. The van der Waals surface area contributed by atoms with Gasteiger partial charge in [0.2, 0.25) is 9.04 Å². The van der Waals surface area contributed by atoms with E-state index in [0.29, 0.717) is 21.6 Å². The van der Waals surface area contributed by atoms with Crippen molar-refractivity contribution >= 4 is 41.6 Å². The highest BCUT2D eigenvalue weighted by molar-refractivity contribution is 9.10. The van der Waals surface area contributed by atoms with Gasteiger partial charge in [-0.3, -0.25) is 4.79 Å². The summed E-state index contributed by atoms with van der Waals surface area (Å²) >= 11 is 3.45. The number of aldehydes is 1. The van der Waals surface area contributed by atoms with Crippen LogP contribution < -0.4 is 15.1 Å². The fraction of sp³-hybridized carbons (Fsp3) is 0.250. The lowest BCUT2D eigenvalue weighted by atomic mass is 9.86. The molecular formula is C24H26BrNO3Si. The van der Waals surface area contributed by atoms with Gasteiger partial charge >= 0.3 is 0 Å². The van der Waals surface area contributed by atoms with Crippen LogP contribution in [0.15, 0.2) is 71.3 Å². The number of nitrogens with zero attached hydrogens (tertiary/aromatic N) is 1. The van der Waals surface area contributed by atoms with Gasteiger partial charge in [0.05, 0.1) is 24.5 Å². The SMILES string of the molecule is COc1c(C=O)cc(C(O[SiH](c2ccccc2)c2ccccc2)C(C)(C)C)nc1Br. The summed E-state index contributed by atoms with van der Waals surface area (Å²) in [5, 5.41) is 2.39. The number of rotatable bonds is 7. The minimum Gasteiger partial charge on any atom is -0.493 e. The largest absolute Gasteiger partial charge is 0.493 e. The molecule has 1 atom stereocenters. The first kappa shape index (κ1) is 22.4. The zero-order valence-electron chi connectivity index (χ0n) is 17.6. The van der Waals surface area contributed by atoms with Gasteiger partial charge in [-0.05, 0) is 37.8 Å². The van der Waals surface area contributed by atoms with Crippen LogP contribution in [0.1, 0.15) is 42.9 Å². The fourth-order valence-electron chi connectivity index (χ4n) is 3.42. The van der Waals surface area contributed by atoms with Crippen LogP contribution in [-0.2, 0) is 4.43 Å². The van der Waals surface area contributed by atoms with Crippen molar-refractivity contribution in [1.82, 2.24) is 4.98 Å². The van der Waals surface area contributed by atoms with E-state index in [0.717, 1.165) is 6.29 Å². The molecule has 3 rings (SSSR count). The number of hydrogen-bond donors (Lipinski definition) is 0. The van der Waals surface area contributed by atoms with Crippen LogP contribution >= 0.6 is 15.9 Å². The minimum absolute atomic E-state index is 0.240. The number of benzene rings is 2. The molecule has 156 valence electrons. The molecule has 0 spiro atoms. The van der Waals surface area contributed by atoms with Gasteiger partial charge in [-0.15, -0.1) is 0 Å². The summed E-state index contributed by atoms with van der Waals surface area (Å²) in [6.45, 7) is 6.37. The van der Waals surface area contributed by atoms with E-state index in [1.807, 2.05) is 36.4 Å². The Hall–Kier alpha value is -2.28. The lowest BCUT2D eigenvalue weighted by molar-refractivity contribution is 0.0853. The summed E-state index contributed by atoms with van der Waals surface area (Å²) in [5.41, 5.74) is 0.919. The number of carbonyl (C=O) groups excluding carboxylic acids is 1. The van der Waals surface area contributed by atoms with Crippen LogP contribution in [0.4, 0.5) is 0 Å². The monoisotopic (exact) mass is 483 g/mol. The molecule has 1 heterocycles. The Bertz CT molecular complexity index is 951. The molecule has 1 aromatic heterocycles. The fourth-order valence-corrected chi connectivity index (χ4v) is 6.68. The normalized spacial score (nSPS) is 12.6. The Kier molecular flexibility index (Phi) is 7.23. The molecule has 0 aliphatic heterocycles. The highest BCUT2D eigenvalue weighted by Crippen LogP contribution is 2.38. The molecular weight excluding hydrogens is 458 g/mol. The summed E-state index contributed by atoms with van der Waals surface area (Å²) in [7, 11) is -0.485. The third kappa shape index (κ3) is 5.06. The van der Waals surface area contributed by atoms with Crippen molar-refractivity contribution in [2.24, 2.45) is 5.41 Å². The molecule has 1 unspecified atom stereocenters. The third-order valence-electron chi connectivity index (χ3n) is 4.84. The van der Waals surface area contributed by atoms with Gasteiger partial charge < -0.3 is 9.16 Å². The summed E-state index contributed by atoms with van der Waals surface area (Å²) in [4.78, 5) is 16.4. The molecule has 0 aliphatic carbocycles. The third-order valence-corrected chi connectivity index (χ3v) is 7.91. The van der Waals surface area contributed by atoms with Crippen LogP contribution in [0, 0.1) is 5.41 Å². The van der Waals surface area contributed by atoms with Crippen molar-refractivity contribution in [2.75, 3.05) is 7.11 Å². The average molecular weight is 484 g/mol. The molecule has 30 heavy (non-hydrogen) atoms. The maximum Gasteiger partial charge on any atom is 0.240 e. The first-order valence-corrected chi connectivity index (χ1v) is 12.2. The maximum absolute atomic E-state index is 11.7. The Labute approximate surface area is 188 Å². The molecule has 0 fully saturated rings. The maximum atomic E-state index is 11.7. The van der Waals surface area contributed by atoms with E-state index in [1.165, 1.54) is 17.5 Å². The minimum atomic E-state index is -2.01. The van der Waals surface area contributed by atoms with E-state index in [2.05, 4.69) is 66.0 Å². The van der Waals surface area contributed by atoms with E-state index in [4.69, 9.17) is 9.16 Å². The predicted molar refractivity (Wildman–Crippen MR) is 126 cm³/mol. The smallest absolute Gasteiger partial charge is 0.240 e. The molecule has 4 nitrogen and oxygen atoms in total. The number of hydrogen-bond acceptors (Lipinski definition) is 4. The first-order valence-electron chi connectivity index (χ1n) is 9.80. The molecule has 6 heteroatoms. The number of methoxy groups -OCH3 is 1. The van der Waals surface area contributed by atoms with Gasteiger partial charge in [0, 0.05) is 0 Å². The van der Waals surface area contributed by atoms with E-state index in [9.17, 15) is 4.79 Å². The number of halogens is 1. The van der Waals surface area contributed by atoms with E-state index in [-0.39, 0.29) is 11.5 Å². The summed E-state index contributed by atoms with van der Waals surface area (Å²) in [5.74, 6) is 0.432. The van der Waals surface area contributed by atoms with Crippen LogP contribution in [0.25, 0.3) is 0 Å². The van der Waals surface area contributed by atoms with Crippen molar-refractivity contribution in [1.29, 1.82) is 0 Å². The molecule has 0 bridgehead atoms. The Morgan fingerprint density at radius 3 is 1.97 bits per heavy atom. The van der Waals surface area contributed by atoms with Crippen molar-refractivity contribution in [3.63, 3.8) is 0 Å². The lowest BCUT2D eigenvalue weighted by Crippen LogP contribution is -2.47. The van der Waals surface area contributed by atoms with Gasteiger partial charge in [-0.25, -0.2) is 4.98 Å². The Morgan fingerprint density at radius 1 is 1.00 bits per heavy atom. The predicted octanol–water partition coefficient (Wildman–Crippen LogP) is 4.31. The molecule has 0 radical (unpaired) electrons. The number of ether oxygens (including phenoxy) is 1.